The van der Waals surface area contributed by atoms with Crippen LogP contribution in [0, 0.1) is 5.92 Å². The summed E-state index contributed by atoms with van der Waals surface area (Å²) in [5.74, 6) is -0.723. The van der Waals surface area contributed by atoms with E-state index in [-0.39, 0.29) is 5.92 Å². The molecule has 1 N–H and O–H groups in total. The van der Waals surface area contributed by atoms with Gasteiger partial charge in [-0.25, -0.2) is 0 Å². The van der Waals surface area contributed by atoms with Crippen molar-refractivity contribution >= 4 is 5.97 Å². The Labute approximate surface area is 104 Å². The topological polar surface area (TPSA) is 43.8 Å². The average Bonchev–Trinajstić information content (AvgIpc) is 2.78. The Bertz CT molecular complexity index is 273. The minimum Gasteiger partial charge on any atom is -0.481 e. The van der Waals surface area contributed by atoms with Crippen LogP contribution in [0.15, 0.2) is 0 Å². The van der Waals surface area contributed by atoms with Crippen LogP contribution in [-0.2, 0) is 4.79 Å². The molecule has 0 bridgehead atoms. The summed E-state index contributed by atoms with van der Waals surface area (Å²) in [5, 5.41) is 9.22. The first-order valence-corrected chi connectivity index (χ1v) is 6.80. The number of hydrogen-bond donors (Lipinski definition) is 1. The van der Waals surface area contributed by atoms with Crippen LogP contribution in [0.2, 0.25) is 0 Å². The van der Waals surface area contributed by atoms with Crippen LogP contribution in [0.25, 0.3) is 0 Å². The van der Waals surface area contributed by atoms with Crippen molar-refractivity contribution in [2.45, 2.75) is 45.2 Å². The van der Waals surface area contributed by atoms with Crippen LogP contribution >= 0.6 is 0 Å². The molecule has 4 nitrogen and oxygen atoms in total. The van der Waals surface area contributed by atoms with Crippen LogP contribution in [0.1, 0.15) is 33.1 Å². The first-order chi connectivity index (χ1) is 8.09. The van der Waals surface area contributed by atoms with Crippen molar-refractivity contribution in [2.75, 3.05) is 26.2 Å². The fourth-order valence-corrected chi connectivity index (χ4v) is 3.25. The predicted molar refractivity (Wildman–Crippen MR) is 67.0 cm³/mol. The van der Waals surface area contributed by atoms with E-state index in [2.05, 4.69) is 23.6 Å². The molecule has 0 aromatic heterocycles. The van der Waals surface area contributed by atoms with Gasteiger partial charge in [0.1, 0.15) is 0 Å². The van der Waals surface area contributed by atoms with Crippen LogP contribution in [-0.4, -0.2) is 59.1 Å². The summed E-state index contributed by atoms with van der Waals surface area (Å²) in [6.07, 6.45) is 3.01. The Morgan fingerprint density at radius 3 is 2.35 bits per heavy atom. The molecule has 0 aromatic rings. The van der Waals surface area contributed by atoms with Crippen molar-refractivity contribution in [2.24, 2.45) is 5.92 Å². The molecule has 2 atom stereocenters. The van der Waals surface area contributed by atoms with E-state index in [0.29, 0.717) is 12.1 Å². The number of carboxylic acid groups (broad SMARTS) is 1. The number of rotatable bonds is 3. The van der Waals surface area contributed by atoms with Gasteiger partial charge >= 0.3 is 5.97 Å². The summed E-state index contributed by atoms with van der Waals surface area (Å²) in [4.78, 5) is 16.1. The molecule has 98 valence electrons. The van der Waals surface area contributed by atoms with E-state index in [4.69, 9.17) is 0 Å². The third-order valence-corrected chi connectivity index (χ3v) is 4.34. The highest BCUT2D eigenvalue weighted by molar-refractivity contribution is 5.71. The molecule has 2 aliphatic rings. The third kappa shape index (κ3) is 2.80. The second-order valence-corrected chi connectivity index (χ2v) is 5.61. The summed E-state index contributed by atoms with van der Waals surface area (Å²) in [5.41, 5.74) is 0. The number of aliphatic carboxylic acids is 1. The highest BCUT2D eigenvalue weighted by Gasteiger charge is 2.37. The van der Waals surface area contributed by atoms with Gasteiger partial charge in [-0.05, 0) is 26.7 Å². The van der Waals surface area contributed by atoms with Gasteiger partial charge in [-0.15, -0.1) is 0 Å². The van der Waals surface area contributed by atoms with Gasteiger partial charge in [0.2, 0.25) is 0 Å². The molecule has 2 fully saturated rings. The van der Waals surface area contributed by atoms with E-state index in [9.17, 15) is 9.90 Å². The molecule has 17 heavy (non-hydrogen) atoms. The SMILES string of the molecule is CC(C)N1CCN(C2CCCC2C(=O)O)CC1. The quantitative estimate of drug-likeness (QED) is 0.806. The summed E-state index contributed by atoms with van der Waals surface area (Å²) in [6.45, 7) is 8.69. The first kappa shape index (κ1) is 12.8. The van der Waals surface area contributed by atoms with E-state index in [1.165, 1.54) is 0 Å². The molecule has 0 amide bonds. The fraction of sp³-hybridized carbons (Fsp3) is 0.923. The van der Waals surface area contributed by atoms with Gasteiger partial charge in [-0.2, -0.15) is 0 Å². The molecule has 1 saturated carbocycles. The largest absolute Gasteiger partial charge is 0.481 e. The lowest BCUT2D eigenvalue weighted by molar-refractivity contribution is -0.143. The summed E-state index contributed by atoms with van der Waals surface area (Å²) < 4.78 is 0. The van der Waals surface area contributed by atoms with E-state index in [1.807, 2.05) is 0 Å². The number of carboxylic acids is 1. The van der Waals surface area contributed by atoms with E-state index < -0.39 is 5.97 Å². The number of nitrogens with zero attached hydrogens (tertiary/aromatic N) is 2. The van der Waals surface area contributed by atoms with Gasteiger partial charge < -0.3 is 5.11 Å². The summed E-state index contributed by atoms with van der Waals surface area (Å²) in [6, 6.07) is 0.901. The van der Waals surface area contributed by atoms with Crippen molar-refractivity contribution in [3.8, 4) is 0 Å². The summed E-state index contributed by atoms with van der Waals surface area (Å²) in [7, 11) is 0. The van der Waals surface area contributed by atoms with E-state index in [0.717, 1.165) is 45.4 Å². The molecular formula is C13H24N2O2. The Morgan fingerprint density at radius 2 is 1.82 bits per heavy atom. The smallest absolute Gasteiger partial charge is 0.308 e. The predicted octanol–water partition coefficient (Wildman–Crippen LogP) is 1.27. The Kier molecular flexibility index (Phi) is 4.05. The first-order valence-electron chi connectivity index (χ1n) is 6.80. The van der Waals surface area contributed by atoms with Gasteiger partial charge in [-0.1, -0.05) is 6.42 Å². The van der Waals surface area contributed by atoms with Crippen LogP contribution in [0.4, 0.5) is 0 Å². The van der Waals surface area contributed by atoms with Gasteiger partial charge in [0.15, 0.2) is 0 Å². The summed E-state index contributed by atoms with van der Waals surface area (Å²) >= 11 is 0. The number of hydrogen-bond acceptors (Lipinski definition) is 3. The Morgan fingerprint density at radius 1 is 1.18 bits per heavy atom. The van der Waals surface area contributed by atoms with E-state index in [1.54, 1.807) is 0 Å². The molecule has 2 rings (SSSR count). The lowest BCUT2D eigenvalue weighted by Gasteiger charge is -2.40. The van der Waals surface area contributed by atoms with Gasteiger partial charge in [0.05, 0.1) is 5.92 Å². The molecule has 2 unspecified atom stereocenters. The maximum atomic E-state index is 11.2. The van der Waals surface area contributed by atoms with E-state index >= 15 is 0 Å². The monoisotopic (exact) mass is 240 g/mol. The average molecular weight is 240 g/mol. The Balaban J connectivity index is 1.90. The molecule has 1 aliphatic heterocycles. The van der Waals surface area contributed by atoms with Gasteiger partial charge in [0, 0.05) is 38.3 Å². The molecule has 1 saturated heterocycles. The highest BCUT2D eigenvalue weighted by atomic mass is 16.4. The molecule has 0 radical (unpaired) electrons. The number of carbonyl (C=O) groups is 1. The third-order valence-electron chi connectivity index (χ3n) is 4.34. The minimum absolute atomic E-state index is 0.124. The molecular weight excluding hydrogens is 216 g/mol. The van der Waals surface area contributed by atoms with Crippen molar-refractivity contribution < 1.29 is 9.90 Å². The van der Waals surface area contributed by atoms with Crippen LogP contribution in [0.3, 0.4) is 0 Å². The van der Waals surface area contributed by atoms with Gasteiger partial charge in [0.25, 0.3) is 0 Å². The minimum atomic E-state index is -0.598. The zero-order chi connectivity index (χ0) is 12.4. The van der Waals surface area contributed by atoms with Gasteiger partial charge in [-0.3, -0.25) is 14.6 Å². The van der Waals surface area contributed by atoms with Crippen molar-refractivity contribution in [3.63, 3.8) is 0 Å². The van der Waals surface area contributed by atoms with Crippen LogP contribution < -0.4 is 0 Å². The molecule has 1 heterocycles. The Hall–Kier alpha value is -0.610. The lowest BCUT2D eigenvalue weighted by Crippen LogP contribution is -2.53. The number of piperazine rings is 1. The zero-order valence-electron chi connectivity index (χ0n) is 10.9. The second-order valence-electron chi connectivity index (χ2n) is 5.61. The lowest BCUT2D eigenvalue weighted by atomic mass is 10.0. The van der Waals surface area contributed by atoms with Crippen molar-refractivity contribution in [1.82, 2.24) is 9.80 Å². The maximum absolute atomic E-state index is 11.2. The highest BCUT2D eigenvalue weighted by Crippen LogP contribution is 2.30. The fourth-order valence-electron chi connectivity index (χ4n) is 3.25. The molecule has 1 aliphatic carbocycles. The van der Waals surface area contributed by atoms with Crippen LogP contribution in [0.5, 0.6) is 0 Å². The maximum Gasteiger partial charge on any atom is 0.308 e. The van der Waals surface area contributed by atoms with Crippen molar-refractivity contribution in [3.05, 3.63) is 0 Å². The standard InChI is InChI=1S/C13H24N2O2/c1-10(2)14-6-8-15(9-7-14)12-5-3-4-11(12)13(16)17/h10-12H,3-9H2,1-2H3,(H,16,17). The second kappa shape index (κ2) is 5.36. The zero-order valence-corrected chi connectivity index (χ0v) is 10.9. The van der Waals surface area contributed by atoms with Crippen molar-refractivity contribution in [1.29, 1.82) is 0 Å². The normalized spacial score (nSPS) is 32.2. The molecule has 0 aromatic carbocycles. The molecule has 4 heteroatoms. The molecule has 0 spiro atoms.